The highest BCUT2D eigenvalue weighted by atomic mass is 35.5. The van der Waals surface area contributed by atoms with Crippen molar-refractivity contribution in [2.45, 2.75) is 4.84 Å². The molecule has 0 unspecified atom stereocenters. The van der Waals surface area contributed by atoms with Crippen molar-refractivity contribution in [1.29, 1.82) is 0 Å². The van der Waals surface area contributed by atoms with Gasteiger partial charge in [0.05, 0.1) is 0 Å². The van der Waals surface area contributed by atoms with Crippen molar-refractivity contribution in [2.24, 2.45) is 0 Å². The maximum Gasteiger partial charge on any atom is 0.323 e. The number of alkyl halides is 2. The van der Waals surface area contributed by atoms with Crippen molar-refractivity contribution in [3.63, 3.8) is 0 Å². The quantitative estimate of drug-likeness (QED) is 0.668. The van der Waals surface area contributed by atoms with E-state index in [2.05, 4.69) is 0 Å². The smallest absolute Gasteiger partial charge is 0.323 e. The Bertz CT molecular complexity index is 171. The highest BCUT2D eigenvalue weighted by Crippen LogP contribution is 2.04. The van der Waals surface area contributed by atoms with Crippen molar-refractivity contribution >= 4 is 35.1 Å². The molecule has 1 amide bonds. The van der Waals surface area contributed by atoms with Crippen molar-refractivity contribution < 1.29 is 14.7 Å². The van der Waals surface area contributed by atoms with E-state index >= 15 is 0 Å². The zero-order chi connectivity index (χ0) is 9.02. The molecule has 0 aliphatic carbocycles. The molecule has 11 heavy (non-hydrogen) atoms. The van der Waals surface area contributed by atoms with Gasteiger partial charge in [0.1, 0.15) is 6.54 Å². The van der Waals surface area contributed by atoms with E-state index in [1.165, 1.54) is 7.05 Å². The molecule has 64 valence electrons. The lowest BCUT2D eigenvalue weighted by atomic mass is 10.5. The van der Waals surface area contributed by atoms with Crippen LogP contribution in [0.15, 0.2) is 0 Å². The standard InChI is InChI=1S/C5H7Cl2NO3/c1-8(2-3(9)10)5(11)4(6)7/h4H,2H2,1H3,(H,9,10). The highest BCUT2D eigenvalue weighted by molar-refractivity contribution is 6.53. The Morgan fingerprint density at radius 2 is 2.00 bits per heavy atom. The number of amides is 1. The minimum atomic E-state index is -1.20. The van der Waals surface area contributed by atoms with Crippen LogP contribution < -0.4 is 0 Å². The predicted molar refractivity (Wildman–Crippen MR) is 40.8 cm³/mol. The van der Waals surface area contributed by atoms with Gasteiger partial charge in [-0.25, -0.2) is 0 Å². The number of hydrogen-bond acceptors (Lipinski definition) is 2. The van der Waals surface area contributed by atoms with Crippen LogP contribution in [0.1, 0.15) is 0 Å². The average Bonchev–Trinajstić information content (AvgIpc) is 1.84. The van der Waals surface area contributed by atoms with Gasteiger partial charge in [0, 0.05) is 7.05 Å². The molecule has 6 heteroatoms. The molecule has 0 radical (unpaired) electrons. The number of hydrogen-bond donors (Lipinski definition) is 1. The predicted octanol–water partition coefficient (Wildman–Crippen LogP) is 0.333. The van der Waals surface area contributed by atoms with Gasteiger partial charge < -0.3 is 10.0 Å². The molecular formula is C5H7Cl2NO3. The van der Waals surface area contributed by atoms with E-state index in [9.17, 15) is 9.59 Å². The molecule has 0 aromatic carbocycles. The van der Waals surface area contributed by atoms with Gasteiger partial charge in [-0.1, -0.05) is 23.2 Å². The fourth-order valence-corrected chi connectivity index (χ4v) is 0.781. The molecule has 0 fully saturated rings. The van der Waals surface area contributed by atoms with Crippen molar-refractivity contribution in [1.82, 2.24) is 4.90 Å². The maximum atomic E-state index is 10.8. The molecule has 1 N–H and O–H groups in total. The Labute approximate surface area is 73.7 Å². The molecule has 4 nitrogen and oxygen atoms in total. The van der Waals surface area contributed by atoms with Crippen LogP contribution in [-0.2, 0) is 9.59 Å². The minimum absolute atomic E-state index is 0.394. The molecule has 0 atom stereocenters. The number of aliphatic carboxylic acids is 1. The minimum Gasteiger partial charge on any atom is -0.480 e. The number of carboxylic acid groups (broad SMARTS) is 1. The van der Waals surface area contributed by atoms with Crippen LogP contribution in [0.25, 0.3) is 0 Å². The molecule has 0 aromatic heterocycles. The molecule has 0 rings (SSSR count). The summed E-state index contributed by atoms with van der Waals surface area (Å²) in [6.07, 6.45) is 0. The van der Waals surface area contributed by atoms with Crippen molar-refractivity contribution in [3.8, 4) is 0 Å². The Morgan fingerprint density at radius 1 is 1.55 bits per heavy atom. The van der Waals surface area contributed by atoms with Crippen LogP contribution >= 0.6 is 23.2 Å². The Kier molecular flexibility index (Phi) is 4.22. The number of carboxylic acids is 1. The third-order valence-electron chi connectivity index (χ3n) is 0.935. The van der Waals surface area contributed by atoms with E-state index in [1.54, 1.807) is 0 Å². The lowest BCUT2D eigenvalue weighted by Gasteiger charge is -2.14. The lowest BCUT2D eigenvalue weighted by Crippen LogP contribution is -2.35. The SMILES string of the molecule is CN(CC(=O)O)C(=O)C(Cl)Cl. The van der Waals surface area contributed by atoms with Crippen LogP contribution in [0, 0.1) is 0 Å². The fourth-order valence-electron chi connectivity index (χ4n) is 0.447. The van der Waals surface area contributed by atoms with E-state index in [4.69, 9.17) is 28.3 Å². The Morgan fingerprint density at radius 3 is 2.27 bits per heavy atom. The van der Waals surface area contributed by atoms with Crippen molar-refractivity contribution in [2.75, 3.05) is 13.6 Å². The molecule has 0 saturated heterocycles. The fraction of sp³-hybridized carbons (Fsp3) is 0.600. The van der Waals surface area contributed by atoms with Gasteiger partial charge in [-0.2, -0.15) is 0 Å². The molecule has 0 heterocycles. The molecule has 0 spiro atoms. The Hall–Kier alpha value is -0.480. The van der Waals surface area contributed by atoms with E-state index in [0.717, 1.165) is 4.90 Å². The van der Waals surface area contributed by atoms with Gasteiger partial charge in [0.25, 0.3) is 5.91 Å². The van der Waals surface area contributed by atoms with E-state index in [-0.39, 0.29) is 0 Å². The van der Waals surface area contributed by atoms with Crippen LogP contribution in [-0.4, -0.2) is 40.3 Å². The first kappa shape index (κ1) is 10.5. The molecule has 0 bridgehead atoms. The lowest BCUT2D eigenvalue weighted by molar-refractivity contribution is -0.142. The second-order valence-electron chi connectivity index (χ2n) is 1.89. The van der Waals surface area contributed by atoms with E-state index in [0.29, 0.717) is 0 Å². The largest absolute Gasteiger partial charge is 0.480 e. The summed E-state index contributed by atoms with van der Waals surface area (Å²) in [5.41, 5.74) is 0. The summed E-state index contributed by atoms with van der Waals surface area (Å²) >= 11 is 10.4. The number of carbonyl (C=O) groups excluding carboxylic acids is 1. The molecule has 0 aromatic rings. The van der Waals surface area contributed by atoms with Gasteiger partial charge in [0.15, 0.2) is 4.84 Å². The summed E-state index contributed by atoms with van der Waals surface area (Å²) in [6, 6.07) is 0. The van der Waals surface area contributed by atoms with Gasteiger partial charge in [-0.15, -0.1) is 0 Å². The number of carbonyl (C=O) groups is 2. The van der Waals surface area contributed by atoms with Crippen LogP contribution in [0.2, 0.25) is 0 Å². The molecule has 0 aliphatic heterocycles. The van der Waals surface area contributed by atoms with Gasteiger partial charge >= 0.3 is 5.97 Å². The molecule has 0 aliphatic rings. The van der Waals surface area contributed by atoms with E-state index < -0.39 is 23.3 Å². The van der Waals surface area contributed by atoms with Crippen LogP contribution in [0.3, 0.4) is 0 Å². The topological polar surface area (TPSA) is 57.6 Å². The summed E-state index contributed by atoms with van der Waals surface area (Å²) in [5, 5.41) is 8.23. The van der Waals surface area contributed by atoms with E-state index in [1.807, 2.05) is 0 Å². The second kappa shape index (κ2) is 4.41. The first-order chi connectivity index (χ1) is 4.95. The summed E-state index contributed by atoms with van der Waals surface area (Å²) in [6.45, 7) is -0.394. The summed E-state index contributed by atoms with van der Waals surface area (Å²) in [5.74, 6) is -1.72. The molecular weight excluding hydrogens is 193 g/mol. The highest BCUT2D eigenvalue weighted by Gasteiger charge is 2.18. The summed E-state index contributed by atoms with van der Waals surface area (Å²) < 4.78 is 0. The average molecular weight is 200 g/mol. The molecule has 0 saturated carbocycles. The maximum absolute atomic E-state index is 10.8. The van der Waals surface area contributed by atoms with Crippen LogP contribution in [0.4, 0.5) is 0 Å². The zero-order valence-electron chi connectivity index (χ0n) is 5.75. The number of nitrogens with zero attached hydrogens (tertiary/aromatic N) is 1. The third-order valence-corrected chi connectivity index (χ3v) is 1.31. The monoisotopic (exact) mass is 199 g/mol. The van der Waals surface area contributed by atoms with Crippen LogP contribution in [0.5, 0.6) is 0 Å². The number of halogens is 2. The first-order valence-electron chi connectivity index (χ1n) is 2.70. The second-order valence-corrected chi connectivity index (χ2v) is 2.98. The van der Waals surface area contributed by atoms with Gasteiger partial charge in [-0.05, 0) is 0 Å². The number of rotatable bonds is 3. The summed E-state index contributed by atoms with van der Waals surface area (Å²) in [7, 11) is 1.31. The first-order valence-corrected chi connectivity index (χ1v) is 3.57. The van der Waals surface area contributed by atoms with Crippen molar-refractivity contribution in [3.05, 3.63) is 0 Å². The zero-order valence-corrected chi connectivity index (χ0v) is 7.26. The number of likely N-dealkylation sites (N-methyl/N-ethyl adjacent to an activating group) is 1. The summed E-state index contributed by atoms with van der Waals surface area (Å²) in [4.78, 5) is 20.6. The van der Waals surface area contributed by atoms with Gasteiger partial charge in [0.2, 0.25) is 0 Å². The van der Waals surface area contributed by atoms with Gasteiger partial charge in [-0.3, -0.25) is 9.59 Å². The Balaban J connectivity index is 3.93. The normalized spacial score (nSPS) is 9.82. The third kappa shape index (κ3) is 4.06.